The Hall–Kier alpha value is -1.96. The van der Waals surface area contributed by atoms with E-state index in [9.17, 15) is 9.18 Å². The smallest absolute Gasteiger partial charge is 0.319 e. The number of piperidine rings is 1. The summed E-state index contributed by atoms with van der Waals surface area (Å²) in [4.78, 5) is 26.1. The first-order valence-electron chi connectivity index (χ1n) is 8.26. The van der Waals surface area contributed by atoms with Gasteiger partial charge in [0.2, 0.25) is 5.95 Å². The van der Waals surface area contributed by atoms with Crippen LogP contribution in [-0.4, -0.2) is 79.3 Å². The molecule has 7 nitrogen and oxygen atoms in total. The topological polar surface area (TPSA) is 61.8 Å². The van der Waals surface area contributed by atoms with Crippen molar-refractivity contribution in [1.29, 1.82) is 0 Å². The lowest BCUT2D eigenvalue weighted by molar-refractivity contribution is 0.0209. The molecule has 2 aliphatic heterocycles. The zero-order valence-electron chi connectivity index (χ0n) is 14.2. The monoisotopic (exact) mass is 337 g/mol. The van der Waals surface area contributed by atoms with Gasteiger partial charge in [0.15, 0.2) is 5.82 Å². The second kappa shape index (κ2) is 6.88. The summed E-state index contributed by atoms with van der Waals surface area (Å²) in [6, 6.07) is 0.0305. The largest absolute Gasteiger partial charge is 0.379 e. The minimum absolute atomic E-state index is 0.0305. The maximum atomic E-state index is 13.1. The Morgan fingerprint density at radius 2 is 2.04 bits per heavy atom. The highest BCUT2D eigenvalue weighted by Gasteiger charge is 2.41. The fourth-order valence-corrected chi connectivity index (χ4v) is 3.53. The van der Waals surface area contributed by atoms with Gasteiger partial charge in [0.1, 0.15) is 0 Å². The van der Waals surface area contributed by atoms with Gasteiger partial charge in [-0.15, -0.1) is 0 Å². The van der Waals surface area contributed by atoms with E-state index >= 15 is 0 Å². The van der Waals surface area contributed by atoms with Crippen molar-refractivity contribution in [2.24, 2.45) is 5.41 Å². The van der Waals surface area contributed by atoms with Gasteiger partial charge in [-0.25, -0.2) is 19.2 Å². The number of aromatic nitrogens is 2. The lowest BCUT2D eigenvalue weighted by Crippen LogP contribution is -2.54. The Labute approximate surface area is 141 Å². The average molecular weight is 337 g/mol. The van der Waals surface area contributed by atoms with E-state index in [1.807, 2.05) is 9.80 Å². The Morgan fingerprint density at radius 3 is 2.75 bits per heavy atom. The predicted octanol–water partition coefficient (Wildman–Crippen LogP) is 1.22. The summed E-state index contributed by atoms with van der Waals surface area (Å²) in [6.45, 7) is 3.98. The minimum Gasteiger partial charge on any atom is -0.379 e. The number of rotatable bonds is 1. The second-order valence-electron chi connectivity index (χ2n) is 6.88. The molecule has 24 heavy (non-hydrogen) atoms. The molecule has 3 rings (SSSR count). The summed E-state index contributed by atoms with van der Waals surface area (Å²) < 4.78 is 18.9. The molecule has 1 aromatic rings. The maximum Gasteiger partial charge on any atom is 0.319 e. The summed E-state index contributed by atoms with van der Waals surface area (Å²) in [7, 11) is 3.54. The molecule has 1 aromatic heterocycles. The van der Waals surface area contributed by atoms with Crippen LogP contribution >= 0.6 is 0 Å². The highest BCUT2D eigenvalue weighted by atomic mass is 19.1. The van der Waals surface area contributed by atoms with E-state index in [-0.39, 0.29) is 11.4 Å². The van der Waals surface area contributed by atoms with Gasteiger partial charge in [-0.05, 0) is 12.8 Å². The Kier molecular flexibility index (Phi) is 4.84. The van der Waals surface area contributed by atoms with Gasteiger partial charge in [0.25, 0.3) is 0 Å². The van der Waals surface area contributed by atoms with Gasteiger partial charge >= 0.3 is 6.03 Å². The SMILES string of the molecule is CN(C)C(=O)N1CCC[C@]2(COCCN(c3ncc(F)cn3)C2)C1. The molecule has 1 spiro atoms. The van der Waals surface area contributed by atoms with Crippen LogP contribution in [0, 0.1) is 11.2 Å². The molecule has 0 aliphatic carbocycles. The molecule has 3 heterocycles. The normalized spacial score (nSPS) is 24.8. The molecule has 0 bridgehead atoms. The molecule has 0 radical (unpaired) electrons. The number of carbonyl (C=O) groups excluding carboxylic acids is 1. The van der Waals surface area contributed by atoms with Crippen molar-refractivity contribution in [2.45, 2.75) is 12.8 Å². The average Bonchev–Trinajstić information content (AvgIpc) is 2.77. The van der Waals surface area contributed by atoms with Crippen LogP contribution in [-0.2, 0) is 4.74 Å². The van der Waals surface area contributed by atoms with E-state index in [1.165, 1.54) is 12.4 Å². The van der Waals surface area contributed by atoms with Gasteiger partial charge in [-0.1, -0.05) is 0 Å². The number of nitrogens with zero attached hydrogens (tertiary/aromatic N) is 5. The summed E-state index contributed by atoms with van der Waals surface area (Å²) in [5.41, 5.74) is -0.141. The van der Waals surface area contributed by atoms with Gasteiger partial charge < -0.3 is 19.4 Å². The van der Waals surface area contributed by atoms with Gasteiger partial charge in [-0.2, -0.15) is 0 Å². The predicted molar refractivity (Wildman–Crippen MR) is 87.3 cm³/mol. The van der Waals surface area contributed by atoms with Crippen molar-refractivity contribution in [2.75, 3.05) is 58.4 Å². The van der Waals surface area contributed by atoms with Crippen LogP contribution in [0.5, 0.6) is 0 Å². The number of ether oxygens (including phenoxy) is 1. The van der Waals surface area contributed by atoms with Crippen molar-refractivity contribution in [3.8, 4) is 0 Å². The minimum atomic E-state index is -0.444. The molecule has 2 fully saturated rings. The first kappa shape index (κ1) is 16.9. The number of halogens is 1. The van der Waals surface area contributed by atoms with E-state index in [1.54, 1.807) is 19.0 Å². The molecule has 2 saturated heterocycles. The molecule has 0 aromatic carbocycles. The van der Waals surface area contributed by atoms with Crippen LogP contribution < -0.4 is 4.90 Å². The van der Waals surface area contributed by atoms with E-state index in [4.69, 9.17) is 4.74 Å². The first-order valence-corrected chi connectivity index (χ1v) is 8.26. The number of likely N-dealkylation sites (tertiary alicyclic amines) is 1. The molecular formula is C16H24FN5O2. The van der Waals surface area contributed by atoms with Gasteiger partial charge in [0.05, 0.1) is 25.6 Å². The van der Waals surface area contributed by atoms with Crippen molar-refractivity contribution in [3.05, 3.63) is 18.2 Å². The van der Waals surface area contributed by atoms with Crippen molar-refractivity contribution in [3.63, 3.8) is 0 Å². The van der Waals surface area contributed by atoms with E-state index in [2.05, 4.69) is 9.97 Å². The highest BCUT2D eigenvalue weighted by molar-refractivity contribution is 5.74. The van der Waals surface area contributed by atoms with E-state index < -0.39 is 5.82 Å². The fourth-order valence-electron chi connectivity index (χ4n) is 3.53. The zero-order valence-corrected chi connectivity index (χ0v) is 14.2. The first-order chi connectivity index (χ1) is 11.5. The number of anilines is 1. The van der Waals surface area contributed by atoms with Crippen molar-refractivity contribution < 1.29 is 13.9 Å². The second-order valence-corrected chi connectivity index (χ2v) is 6.88. The van der Waals surface area contributed by atoms with Crippen LogP contribution in [0.2, 0.25) is 0 Å². The molecule has 8 heteroatoms. The van der Waals surface area contributed by atoms with E-state index in [0.717, 1.165) is 19.4 Å². The number of urea groups is 1. The molecule has 2 amide bonds. The van der Waals surface area contributed by atoms with Gasteiger partial charge in [0, 0.05) is 45.7 Å². The zero-order chi connectivity index (χ0) is 17.2. The summed E-state index contributed by atoms with van der Waals surface area (Å²) in [5.74, 6) is 0.0669. The van der Waals surface area contributed by atoms with Crippen molar-refractivity contribution in [1.82, 2.24) is 19.8 Å². The van der Waals surface area contributed by atoms with Gasteiger partial charge in [-0.3, -0.25) is 0 Å². The number of amides is 2. The number of hydrogen-bond donors (Lipinski definition) is 0. The lowest BCUT2D eigenvalue weighted by Gasteiger charge is -2.44. The highest BCUT2D eigenvalue weighted by Crippen LogP contribution is 2.34. The number of carbonyl (C=O) groups is 1. The molecule has 0 saturated carbocycles. The third-order valence-corrected chi connectivity index (χ3v) is 4.64. The van der Waals surface area contributed by atoms with E-state index in [0.29, 0.717) is 38.8 Å². The number of hydrogen-bond acceptors (Lipinski definition) is 5. The summed E-state index contributed by atoms with van der Waals surface area (Å²) in [5, 5.41) is 0. The molecule has 0 unspecified atom stereocenters. The Bertz CT molecular complexity index is 582. The van der Waals surface area contributed by atoms with Crippen LogP contribution in [0.25, 0.3) is 0 Å². The molecular weight excluding hydrogens is 313 g/mol. The summed E-state index contributed by atoms with van der Waals surface area (Å²) in [6.07, 6.45) is 4.30. The van der Waals surface area contributed by atoms with Crippen LogP contribution in [0.1, 0.15) is 12.8 Å². The molecule has 1 atom stereocenters. The van der Waals surface area contributed by atoms with Crippen LogP contribution in [0.4, 0.5) is 15.1 Å². The molecule has 2 aliphatic rings. The third-order valence-electron chi connectivity index (χ3n) is 4.64. The third kappa shape index (κ3) is 3.58. The summed E-state index contributed by atoms with van der Waals surface area (Å²) >= 11 is 0. The molecule has 132 valence electrons. The van der Waals surface area contributed by atoms with Crippen LogP contribution in [0.3, 0.4) is 0 Å². The Balaban J connectivity index is 1.78. The lowest BCUT2D eigenvalue weighted by atomic mass is 9.80. The standard InChI is InChI=1S/C16H24FN5O2/c1-20(2)15(23)22-5-3-4-16(11-22)10-21(6-7-24-12-16)14-18-8-13(17)9-19-14/h8-9H,3-7,10-12H2,1-2H3/t16-/m1/s1. The quantitative estimate of drug-likeness (QED) is 0.771. The fraction of sp³-hybridized carbons (Fsp3) is 0.688. The Morgan fingerprint density at radius 1 is 1.29 bits per heavy atom. The van der Waals surface area contributed by atoms with Crippen LogP contribution in [0.15, 0.2) is 12.4 Å². The molecule has 0 N–H and O–H groups in total. The maximum absolute atomic E-state index is 13.1. The van der Waals surface area contributed by atoms with Crippen molar-refractivity contribution >= 4 is 12.0 Å².